The van der Waals surface area contributed by atoms with Crippen molar-refractivity contribution in [3.05, 3.63) is 100 Å². The normalized spacial score (nSPS) is 10.5. The molecule has 8 heteroatoms. The molecule has 36 heavy (non-hydrogen) atoms. The maximum Gasteiger partial charge on any atom is 0.410 e. The van der Waals surface area contributed by atoms with E-state index in [0.717, 1.165) is 22.3 Å². The number of carboxylic acids is 1. The monoisotopic (exact) mass is 490 g/mol. The lowest BCUT2D eigenvalue weighted by Crippen LogP contribution is -2.31. The van der Waals surface area contributed by atoms with E-state index in [1.165, 1.54) is 11.1 Å². The van der Waals surface area contributed by atoms with Crippen LogP contribution in [0.1, 0.15) is 56.8 Å². The van der Waals surface area contributed by atoms with Crippen LogP contribution < -0.4 is 0 Å². The molecule has 3 rings (SSSR count). The lowest BCUT2D eigenvalue weighted by atomic mass is 9.97. The van der Waals surface area contributed by atoms with E-state index in [1.54, 1.807) is 37.4 Å². The Balaban J connectivity index is 1.74. The van der Waals surface area contributed by atoms with E-state index >= 15 is 0 Å². The van der Waals surface area contributed by atoms with Crippen molar-refractivity contribution in [2.45, 2.75) is 39.8 Å². The summed E-state index contributed by atoms with van der Waals surface area (Å²) < 4.78 is 10.5. The minimum atomic E-state index is -1.04. The molecule has 0 spiro atoms. The molecule has 0 unspecified atom stereocenters. The van der Waals surface area contributed by atoms with E-state index in [2.05, 4.69) is 4.98 Å². The van der Waals surface area contributed by atoms with Gasteiger partial charge in [0.1, 0.15) is 6.61 Å². The van der Waals surface area contributed by atoms with Crippen molar-refractivity contribution in [2.24, 2.45) is 0 Å². The number of carboxylic acid groups (broad SMARTS) is 1. The van der Waals surface area contributed by atoms with Crippen molar-refractivity contribution < 1.29 is 29.0 Å². The van der Waals surface area contributed by atoms with Gasteiger partial charge in [-0.3, -0.25) is 4.98 Å². The Morgan fingerprint density at radius 1 is 0.861 bits per heavy atom. The summed E-state index contributed by atoms with van der Waals surface area (Å²) in [5, 5.41) is 9.49. The van der Waals surface area contributed by atoms with E-state index in [4.69, 9.17) is 9.47 Å². The molecule has 0 fully saturated rings. The summed E-state index contributed by atoms with van der Waals surface area (Å²) in [7, 11) is 0. The highest BCUT2D eigenvalue weighted by atomic mass is 16.6. The molecular formula is C28H30N2O6. The van der Waals surface area contributed by atoms with Gasteiger partial charge in [0.05, 0.1) is 17.7 Å². The van der Waals surface area contributed by atoms with Crippen LogP contribution in [0.15, 0.2) is 67.0 Å². The van der Waals surface area contributed by atoms with Crippen LogP contribution in [-0.2, 0) is 35.5 Å². The second-order valence-electron chi connectivity index (χ2n) is 8.15. The molecule has 0 aliphatic rings. The quantitative estimate of drug-likeness (QED) is 0.381. The van der Waals surface area contributed by atoms with Crippen molar-refractivity contribution in [3.8, 4) is 0 Å². The van der Waals surface area contributed by atoms with Gasteiger partial charge >= 0.3 is 18.0 Å². The summed E-state index contributed by atoms with van der Waals surface area (Å²) in [6, 6.07) is 16.1. The fraction of sp³-hybridized carbons (Fsp3) is 0.286. The number of rotatable bonds is 11. The number of carbonyl (C=O) groups excluding carboxylic acids is 2. The molecule has 0 aliphatic carbocycles. The van der Waals surface area contributed by atoms with E-state index < -0.39 is 18.0 Å². The summed E-state index contributed by atoms with van der Waals surface area (Å²) in [4.78, 5) is 42.0. The Morgan fingerprint density at radius 3 is 2.33 bits per heavy atom. The number of nitrogens with zero attached hydrogens (tertiary/aromatic N) is 2. The number of hydrogen-bond acceptors (Lipinski definition) is 6. The average Bonchev–Trinajstić information content (AvgIpc) is 2.90. The second-order valence-corrected chi connectivity index (χ2v) is 8.15. The minimum absolute atomic E-state index is 0.147. The van der Waals surface area contributed by atoms with E-state index in [9.17, 15) is 19.5 Å². The molecule has 1 N–H and O–H groups in total. The van der Waals surface area contributed by atoms with Crippen LogP contribution >= 0.6 is 0 Å². The summed E-state index contributed by atoms with van der Waals surface area (Å²) in [6.45, 7) is 4.63. The van der Waals surface area contributed by atoms with Crippen molar-refractivity contribution in [3.63, 3.8) is 0 Å². The fourth-order valence-electron chi connectivity index (χ4n) is 3.70. The summed E-state index contributed by atoms with van der Waals surface area (Å²) in [5.41, 5.74) is 3.89. The van der Waals surface area contributed by atoms with Crippen LogP contribution in [0, 0.1) is 0 Å². The smallest absolute Gasteiger partial charge is 0.410 e. The third-order valence-electron chi connectivity index (χ3n) is 5.65. The molecule has 1 heterocycles. The molecule has 1 amide bonds. The molecule has 3 aromatic rings. The van der Waals surface area contributed by atoms with Gasteiger partial charge in [-0.2, -0.15) is 0 Å². The number of ether oxygens (including phenoxy) is 2. The van der Waals surface area contributed by atoms with Gasteiger partial charge in [0.15, 0.2) is 0 Å². The first-order valence-electron chi connectivity index (χ1n) is 11.8. The number of aromatic carboxylic acids is 1. The summed E-state index contributed by atoms with van der Waals surface area (Å²) in [6.07, 6.45) is 3.82. The molecule has 0 aliphatic heterocycles. The first kappa shape index (κ1) is 26.4. The molecule has 2 aromatic carbocycles. The largest absolute Gasteiger partial charge is 0.478 e. The van der Waals surface area contributed by atoms with Gasteiger partial charge in [-0.25, -0.2) is 14.4 Å². The number of pyridine rings is 1. The van der Waals surface area contributed by atoms with Crippen molar-refractivity contribution in [2.75, 3.05) is 13.2 Å². The number of hydrogen-bond donors (Lipinski definition) is 1. The highest BCUT2D eigenvalue weighted by Gasteiger charge is 2.18. The van der Waals surface area contributed by atoms with Gasteiger partial charge in [0, 0.05) is 25.5 Å². The summed E-state index contributed by atoms with van der Waals surface area (Å²) in [5.74, 6) is -1.46. The number of carbonyl (C=O) groups is 3. The Labute approximate surface area is 210 Å². The van der Waals surface area contributed by atoms with Gasteiger partial charge in [-0.1, -0.05) is 36.4 Å². The Kier molecular flexibility index (Phi) is 9.56. The third-order valence-corrected chi connectivity index (χ3v) is 5.65. The van der Waals surface area contributed by atoms with Crippen LogP contribution in [0.4, 0.5) is 4.79 Å². The number of benzene rings is 2. The highest BCUT2D eigenvalue weighted by molar-refractivity contribution is 5.89. The Hall–Kier alpha value is -4.20. The predicted octanol–water partition coefficient (Wildman–Crippen LogP) is 4.90. The number of aromatic nitrogens is 1. The van der Waals surface area contributed by atoms with Gasteiger partial charge in [0.25, 0.3) is 0 Å². The van der Waals surface area contributed by atoms with Crippen molar-refractivity contribution >= 4 is 18.0 Å². The van der Waals surface area contributed by atoms with Gasteiger partial charge < -0.3 is 19.5 Å². The predicted molar refractivity (Wildman–Crippen MR) is 134 cm³/mol. The molecule has 0 bridgehead atoms. The van der Waals surface area contributed by atoms with E-state index in [-0.39, 0.29) is 25.3 Å². The van der Waals surface area contributed by atoms with Crippen LogP contribution in [0.5, 0.6) is 0 Å². The highest BCUT2D eigenvalue weighted by Crippen LogP contribution is 2.19. The molecule has 1 aromatic heterocycles. The number of amides is 1. The van der Waals surface area contributed by atoms with Gasteiger partial charge in [-0.05, 0) is 67.1 Å². The van der Waals surface area contributed by atoms with Gasteiger partial charge in [-0.15, -0.1) is 0 Å². The molecule has 0 atom stereocenters. The Morgan fingerprint density at radius 2 is 1.64 bits per heavy atom. The average molecular weight is 491 g/mol. The second kappa shape index (κ2) is 13.0. The SMILES string of the molecule is CCOC(=O)c1cncc(CCc2ccc(C(=O)O)cc2CN(CC)C(=O)OCc2ccccc2)c1. The minimum Gasteiger partial charge on any atom is -0.478 e. The van der Waals surface area contributed by atoms with E-state index in [0.29, 0.717) is 24.9 Å². The molecule has 0 radical (unpaired) electrons. The fourth-order valence-corrected chi connectivity index (χ4v) is 3.70. The van der Waals surface area contributed by atoms with Crippen LogP contribution in [-0.4, -0.2) is 46.2 Å². The van der Waals surface area contributed by atoms with Crippen molar-refractivity contribution in [1.82, 2.24) is 9.88 Å². The number of esters is 1. The molecule has 0 saturated carbocycles. The van der Waals surface area contributed by atoms with Gasteiger partial charge in [0.2, 0.25) is 0 Å². The molecule has 8 nitrogen and oxygen atoms in total. The van der Waals surface area contributed by atoms with Crippen LogP contribution in [0.25, 0.3) is 0 Å². The zero-order valence-corrected chi connectivity index (χ0v) is 20.5. The maximum atomic E-state index is 12.8. The summed E-state index contributed by atoms with van der Waals surface area (Å²) >= 11 is 0. The first-order valence-corrected chi connectivity index (χ1v) is 11.8. The third kappa shape index (κ3) is 7.40. The number of aryl methyl sites for hydroxylation is 2. The van der Waals surface area contributed by atoms with Crippen LogP contribution in [0.2, 0.25) is 0 Å². The lowest BCUT2D eigenvalue weighted by molar-refractivity contribution is 0.0525. The molecule has 0 saturated heterocycles. The first-order chi connectivity index (χ1) is 17.4. The standard InChI is InChI=1S/C28H30N2O6/c1-3-30(28(34)36-19-20-8-6-5-7-9-20)18-25-15-23(26(31)32)13-12-22(25)11-10-21-14-24(17-29-16-21)27(33)35-4-2/h5-9,12-17H,3-4,10-11,18-19H2,1-2H3,(H,31,32). The molecular weight excluding hydrogens is 460 g/mol. The van der Waals surface area contributed by atoms with E-state index in [1.807, 2.05) is 37.3 Å². The topological polar surface area (TPSA) is 106 Å². The zero-order chi connectivity index (χ0) is 25.9. The maximum absolute atomic E-state index is 12.8. The van der Waals surface area contributed by atoms with Crippen LogP contribution in [0.3, 0.4) is 0 Å². The van der Waals surface area contributed by atoms with Crippen molar-refractivity contribution in [1.29, 1.82) is 0 Å². The molecule has 188 valence electrons. The lowest BCUT2D eigenvalue weighted by Gasteiger charge is -2.22. The zero-order valence-electron chi connectivity index (χ0n) is 20.5. The Bertz CT molecular complexity index is 1200.